The smallest absolute Gasteiger partial charge is 0.414 e. The van der Waals surface area contributed by atoms with Crippen LogP contribution in [0.2, 0.25) is 0 Å². The van der Waals surface area contributed by atoms with Gasteiger partial charge in [0.1, 0.15) is 6.61 Å². The van der Waals surface area contributed by atoms with Crippen LogP contribution in [0.5, 0.6) is 0 Å². The van der Waals surface area contributed by atoms with E-state index in [1.54, 1.807) is 17.0 Å². The Morgan fingerprint density at radius 2 is 1.81 bits per heavy atom. The quantitative estimate of drug-likeness (QED) is 0.819. The maximum Gasteiger partial charge on any atom is 0.414 e. The summed E-state index contributed by atoms with van der Waals surface area (Å²) in [6.45, 7) is 5.95. The van der Waals surface area contributed by atoms with Gasteiger partial charge in [-0.1, -0.05) is 18.2 Å². The molecule has 0 bridgehead atoms. The molecule has 0 saturated carbocycles. The van der Waals surface area contributed by atoms with E-state index in [1.807, 2.05) is 17.0 Å². The molecule has 5 heteroatoms. The van der Waals surface area contributed by atoms with E-state index in [2.05, 4.69) is 32.0 Å². The van der Waals surface area contributed by atoms with Crippen molar-refractivity contribution in [3.8, 4) is 0 Å². The monoisotopic (exact) mass is 364 g/mol. The number of hydrogen-bond donors (Lipinski definition) is 0. The Morgan fingerprint density at radius 3 is 2.48 bits per heavy atom. The number of ether oxygens (including phenoxy) is 1. The minimum atomic E-state index is -0.330. The van der Waals surface area contributed by atoms with Crippen LogP contribution in [0.1, 0.15) is 45.9 Å². The van der Waals surface area contributed by atoms with Crippen LogP contribution in [-0.2, 0) is 4.74 Å². The van der Waals surface area contributed by atoms with Crippen LogP contribution >= 0.6 is 0 Å². The molecule has 4 rings (SSSR count). The first kappa shape index (κ1) is 17.6. The molecule has 0 radical (unpaired) electrons. The number of benzene rings is 2. The van der Waals surface area contributed by atoms with Crippen LogP contribution in [0.4, 0.5) is 10.5 Å². The van der Waals surface area contributed by atoms with E-state index in [0.29, 0.717) is 18.7 Å². The minimum absolute atomic E-state index is 0.0475. The van der Waals surface area contributed by atoms with Gasteiger partial charge in [-0.15, -0.1) is 0 Å². The van der Waals surface area contributed by atoms with E-state index < -0.39 is 0 Å². The third-order valence-corrected chi connectivity index (χ3v) is 5.62. The number of hydrogen-bond acceptors (Lipinski definition) is 3. The van der Waals surface area contributed by atoms with E-state index >= 15 is 0 Å². The topological polar surface area (TPSA) is 49.9 Å². The molecule has 2 heterocycles. The van der Waals surface area contributed by atoms with Gasteiger partial charge in [-0.05, 0) is 67.6 Å². The first-order valence-electron chi connectivity index (χ1n) is 9.47. The molecular formula is C22H24N2O3. The highest BCUT2D eigenvalue weighted by Gasteiger charge is 2.31. The summed E-state index contributed by atoms with van der Waals surface area (Å²) in [7, 11) is 0. The molecule has 0 aromatic heterocycles. The Labute approximate surface area is 159 Å². The fourth-order valence-electron chi connectivity index (χ4n) is 3.91. The summed E-state index contributed by atoms with van der Waals surface area (Å²) >= 11 is 0. The number of rotatable bonds is 3. The largest absolute Gasteiger partial charge is 0.447 e. The first-order valence-corrected chi connectivity index (χ1v) is 9.47. The van der Waals surface area contributed by atoms with Gasteiger partial charge in [0.2, 0.25) is 0 Å². The average Bonchev–Trinajstić information content (AvgIpc) is 3.33. The molecule has 2 amide bonds. The number of nitrogens with zero attached hydrogens (tertiary/aromatic N) is 2. The van der Waals surface area contributed by atoms with Gasteiger partial charge in [-0.25, -0.2) is 4.79 Å². The molecular weight excluding hydrogens is 340 g/mol. The molecule has 5 nitrogen and oxygen atoms in total. The highest BCUT2D eigenvalue weighted by Crippen LogP contribution is 2.34. The fraction of sp³-hybridized carbons (Fsp3) is 0.364. The van der Waals surface area contributed by atoms with E-state index in [-0.39, 0.29) is 18.0 Å². The van der Waals surface area contributed by atoms with Crippen molar-refractivity contribution in [2.75, 3.05) is 24.6 Å². The maximum absolute atomic E-state index is 13.1. The van der Waals surface area contributed by atoms with Gasteiger partial charge in [0.05, 0.1) is 12.6 Å². The van der Waals surface area contributed by atoms with Crippen molar-refractivity contribution in [1.29, 1.82) is 0 Å². The standard InChI is InChI=1S/C22H24N2O3/c1-15-5-6-18(14-16(15)2)20-4-3-11-24(20)21(25)17-7-9-19(10-8-17)23-12-13-27-22(23)26/h5-10,14,20H,3-4,11-13H2,1-2H3. The molecule has 27 heavy (non-hydrogen) atoms. The molecule has 2 aliphatic heterocycles. The molecule has 0 N–H and O–H groups in total. The van der Waals surface area contributed by atoms with Crippen LogP contribution in [0.15, 0.2) is 42.5 Å². The molecule has 2 aliphatic rings. The molecule has 2 aromatic rings. The van der Waals surface area contributed by atoms with Gasteiger partial charge in [0.15, 0.2) is 0 Å². The van der Waals surface area contributed by atoms with Gasteiger partial charge < -0.3 is 9.64 Å². The summed E-state index contributed by atoms with van der Waals surface area (Å²) in [6, 6.07) is 13.9. The van der Waals surface area contributed by atoms with Gasteiger partial charge in [0.25, 0.3) is 5.91 Å². The van der Waals surface area contributed by atoms with Gasteiger partial charge in [0, 0.05) is 17.8 Å². The molecule has 2 fully saturated rings. The van der Waals surface area contributed by atoms with Crippen molar-refractivity contribution in [2.24, 2.45) is 0 Å². The normalized spacial score (nSPS) is 19.5. The number of aryl methyl sites for hydroxylation is 2. The summed E-state index contributed by atoms with van der Waals surface area (Å²) in [6.07, 6.45) is 1.68. The zero-order valence-corrected chi connectivity index (χ0v) is 15.8. The lowest BCUT2D eigenvalue weighted by Crippen LogP contribution is -2.30. The Kier molecular flexibility index (Phi) is 4.60. The van der Waals surface area contributed by atoms with Crippen LogP contribution < -0.4 is 4.90 Å². The summed E-state index contributed by atoms with van der Waals surface area (Å²) in [5.41, 5.74) is 5.16. The molecule has 0 spiro atoms. The molecule has 1 unspecified atom stereocenters. The maximum atomic E-state index is 13.1. The SMILES string of the molecule is Cc1ccc(C2CCCN2C(=O)c2ccc(N3CCOC3=O)cc2)cc1C. The molecule has 1 atom stereocenters. The van der Waals surface area contributed by atoms with Crippen molar-refractivity contribution in [3.63, 3.8) is 0 Å². The zero-order chi connectivity index (χ0) is 19.0. The lowest BCUT2D eigenvalue weighted by atomic mass is 9.99. The molecule has 2 saturated heterocycles. The van der Waals surface area contributed by atoms with Crippen molar-refractivity contribution in [2.45, 2.75) is 32.7 Å². The number of likely N-dealkylation sites (tertiary alicyclic amines) is 1. The minimum Gasteiger partial charge on any atom is -0.447 e. The average molecular weight is 364 g/mol. The van der Waals surface area contributed by atoms with E-state index in [0.717, 1.165) is 25.1 Å². The highest BCUT2D eigenvalue weighted by atomic mass is 16.6. The summed E-state index contributed by atoms with van der Waals surface area (Å²) in [5, 5.41) is 0. The molecule has 2 aromatic carbocycles. The van der Waals surface area contributed by atoms with E-state index in [4.69, 9.17) is 4.74 Å². The van der Waals surface area contributed by atoms with Crippen molar-refractivity contribution in [1.82, 2.24) is 4.90 Å². The van der Waals surface area contributed by atoms with Crippen LogP contribution in [-0.4, -0.2) is 36.6 Å². The van der Waals surface area contributed by atoms with Crippen molar-refractivity contribution >= 4 is 17.7 Å². The molecule has 140 valence electrons. The number of cyclic esters (lactones) is 1. The number of amides is 2. The van der Waals surface area contributed by atoms with Gasteiger partial charge in [-0.3, -0.25) is 9.69 Å². The first-order chi connectivity index (χ1) is 13.0. The Balaban J connectivity index is 1.54. The van der Waals surface area contributed by atoms with Crippen molar-refractivity contribution < 1.29 is 14.3 Å². The number of carbonyl (C=O) groups excluding carboxylic acids is 2. The predicted molar refractivity (Wildman–Crippen MR) is 104 cm³/mol. The Bertz CT molecular complexity index is 876. The fourth-order valence-corrected chi connectivity index (χ4v) is 3.91. The van der Waals surface area contributed by atoms with Crippen LogP contribution in [0, 0.1) is 13.8 Å². The molecule has 0 aliphatic carbocycles. The van der Waals surface area contributed by atoms with Crippen molar-refractivity contribution in [3.05, 3.63) is 64.7 Å². The van der Waals surface area contributed by atoms with Gasteiger partial charge in [-0.2, -0.15) is 0 Å². The second-order valence-electron chi connectivity index (χ2n) is 7.31. The van der Waals surface area contributed by atoms with Crippen LogP contribution in [0.3, 0.4) is 0 Å². The second kappa shape index (κ2) is 7.06. The predicted octanol–water partition coefficient (Wildman–Crippen LogP) is 4.24. The zero-order valence-electron chi connectivity index (χ0n) is 15.8. The Morgan fingerprint density at radius 1 is 1.04 bits per heavy atom. The summed E-state index contributed by atoms with van der Waals surface area (Å²) in [4.78, 5) is 28.3. The lowest BCUT2D eigenvalue weighted by molar-refractivity contribution is 0.0735. The highest BCUT2D eigenvalue weighted by molar-refractivity contribution is 5.96. The second-order valence-corrected chi connectivity index (χ2v) is 7.31. The summed E-state index contributed by atoms with van der Waals surface area (Å²) in [5.74, 6) is 0.0475. The summed E-state index contributed by atoms with van der Waals surface area (Å²) < 4.78 is 4.97. The number of carbonyl (C=O) groups is 2. The number of anilines is 1. The third kappa shape index (κ3) is 3.29. The van der Waals surface area contributed by atoms with E-state index in [1.165, 1.54) is 16.7 Å². The van der Waals surface area contributed by atoms with Crippen LogP contribution in [0.25, 0.3) is 0 Å². The van der Waals surface area contributed by atoms with E-state index in [9.17, 15) is 9.59 Å². The third-order valence-electron chi connectivity index (χ3n) is 5.62. The lowest BCUT2D eigenvalue weighted by Gasteiger charge is -2.26. The Hall–Kier alpha value is -2.82. The van der Waals surface area contributed by atoms with Gasteiger partial charge >= 0.3 is 6.09 Å².